The number of carbonyl (C=O) groups excluding carboxylic acids is 1. The van der Waals surface area contributed by atoms with Crippen LogP contribution in [0.25, 0.3) is 10.9 Å². The van der Waals surface area contributed by atoms with E-state index in [1.165, 1.54) is 11.1 Å². The monoisotopic (exact) mass is 493 g/mol. The van der Waals surface area contributed by atoms with Crippen LogP contribution < -0.4 is 5.32 Å². The first-order valence-electron chi connectivity index (χ1n) is 10.2. The zero-order valence-electron chi connectivity index (χ0n) is 17.0. The van der Waals surface area contributed by atoms with Gasteiger partial charge in [-0.15, -0.1) is 0 Å². The molecule has 0 saturated carbocycles. The summed E-state index contributed by atoms with van der Waals surface area (Å²) in [7, 11) is 0. The van der Waals surface area contributed by atoms with E-state index >= 15 is 0 Å². The molecule has 4 nitrogen and oxygen atoms in total. The van der Waals surface area contributed by atoms with Crippen molar-refractivity contribution in [3.05, 3.63) is 98.6 Å². The highest BCUT2D eigenvalue weighted by Crippen LogP contribution is 2.39. The number of aromatic nitrogens is 1. The maximum atomic E-state index is 13.4. The average molecular weight is 495 g/mol. The van der Waals surface area contributed by atoms with Crippen LogP contribution in [0, 0.1) is 6.92 Å². The maximum Gasteiger partial charge on any atom is 0.322 e. The SMILES string of the molecule is Cc1ccc([C@@H]2c3[nH]c4ccc(Cl)cc4c3CCN2C(=O)Nc2ccccc2Br)cc1. The largest absolute Gasteiger partial charge is 0.356 e. The minimum absolute atomic E-state index is 0.125. The smallest absolute Gasteiger partial charge is 0.322 e. The van der Waals surface area contributed by atoms with Gasteiger partial charge in [-0.25, -0.2) is 4.79 Å². The van der Waals surface area contributed by atoms with Crippen molar-refractivity contribution in [2.45, 2.75) is 19.4 Å². The third-order valence-corrected chi connectivity index (χ3v) is 6.79. The first kappa shape index (κ1) is 20.2. The molecule has 1 aliphatic heterocycles. The van der Waals surface area contributed by atoms with E-state index in [1.54, 1.807) is 0 Å². The number of nitrogens with zero attached hydrogens (tertiary/aromatic N) is 1. The van der Waals surface area contributed by atoms with Gasteiger partial charge in [-0.3, -0.25) is 0 Å². The minimum Gasteiger partial charge on any atom is -0.356 e. The number of hydrogen-bond donors (Lipinski definition) is 2. The first-order valence-corrected chi connectivity index (χ1v) is 11.4. The molecule has 0 unspecified atom stereocenters. The highest BCUT2D eigenvalue weighted by atomic mass is 79.9. The molecule has 3 aromatic carbocycles. The van der Waals surface area contributed by atoms with Crippen molar-refractivity contribution in [2.75, 3.05) is 11.9 Å². The van der Waals surface area contributed by atoms with E-state index in [4.69, 9.17) is 11.6 Å². The summed E-state index contributed by atoms with van der Waals surface area (Å²) >= 11 is 9.80. The number of rotatable bonds is 2. The van der Waals surface area contributed by atoms with Crippen LogP contribution in [0.2, 0.25) is 5.02 Å². The van der Waals surface area contributed by atoms with Gasteiger partial charge in [-0.1, -0.05) is 53.6 Å². The van der Waals surface area contributed by atoms with E-state index in [1.807, 2.05) is 47.4 Å². The fourth-order valence-corrected chi connectivity index (χ4v) is 4.88. The molecule has 0 spiro atoms. The van der Waals surface area contributed by atoms with Crippen molar-refractivity contribution >= 4 is 50.2 Å². The van der Waals surface area contributed by atoms with E-state index < -0.39 is 0 Å². The lowest BCUT2D eigenvalue weighted by atomic mass is 9.92. The molecule has 5 rings (SSSR count). The first-order chi connectivity index (χ1) is 15.0. The number of aryl methyl sites for hydroxylation is 1. The highest BCUT2D eigenvalue weighted by molar-refractivity contribution is 9.10. The zero-order valence-corrected chi connectivity index (χ0v) is 19.3. The number of aromatic amines is 1. The Bertz CT molecular complexity index is 1280. The fourth-order valence-electron chi connectivity index (χ4n) is 4.32. The maximum absolute atomic E-state index is 13.4. The van der Waals surface area contributed by atoms with Crippen molar-refractivity contribution in [3.63, 3.8) is 0 Å². The molecular weight excluding hydrogens is 474 g/mol. The molecule has 2 amide bonds. The molecule has 2 heterocycles. The molecule has 1 atom stereocenters. The van der Waals surface area contributed by atoms with Gasteiger partial charge in [-0.05, 0) is 70.7 Å². The van der Waals surface area contributed by atoms with Crippen LogP contribution in [0.1, 0.15) is 28.4 Å². The van der Waals surface area contributed by atoms with E-state index in [9.17, 15) is 4.79 Å². The van der Waals surface area contributed by atoms with Crippen LogP contribution >= 0.6 is 27.5 Å². The lowest BCUT2D eigenvalue weighted by molar-refractivity contribution is 0.193. The topological polar surface area (TPSA) is 48.1 Å². The van der Waals surface area contributed by atoms with E-state index in [-0.39, 0.29) is 12.1 Å². The van der Waals surface area contributed by atoms with Gasteiger partial charge in [0.2, 0.25) is 0 Å². The molecule has 0 bridgehead atoms. The van der Waals surface area contributed by atoms with E-state index in [2.05, 4.69) is 57.4 Å². The fraction of sp³-hybridized carbons (Fsp3) is 0.160. The summed E-state index contributed by atoms with van der Waals surface area (Å²) < 4.78 is 0.855. The molecule has 31 heavy (non-hydrogen) atoms. The zero-order chi connectivity index (χ0) is 21.5. The number of carbonyl (C=O) groups is 1. The Labute approximate surface area is 194 Å². The Hall–Kier alpha value is -2.76. The van der Waals surface area contributed by atoms with Gasteiger partial charge in [0.05, 0.1) is 11.7 Å². The predicted molar refractivity (Wildman–Crippen MR) is 130 cm³/mol. The summed E-state index contributed by atoms with van der Waals surface area (Å²) in [4.78, 5) is 18.9. The molecule has 156 valence electrons. The number of para-hydroxylation sites is 1. The number of urea groups is 1. The van der Waals surface area contributed by atoms with Crippen LogP contribution in [0.3, 0.4) is 0 Å². The predicted octanol–water partition coefficient (Wildman–Crippen LogP) is 7.07. The average Bonchev–Trinajstić information content (AvgIpc) is 3.13. The Morgan fingerprint density at radius 3 is 2.68 bits per heavy atom. The Morgan fingerprint density at radius 2 is 1.90 bits per heavy atom. The molecule has 1 aromatic heterocycles. The quantitative estimate of drug-likeness (QED) is 0.307. The van der Waals surface area contributed by atoms with Crippen molar-refractivity contribution in [2.24, 2.45) is 0 Å². The van der Waals surface area contributed by atoms with E-state index in [0.29, 0.717) is 6.54 Å². The normalized spacial score (nSPS) is 15.7. The van der Waals surface area contributed by atoms with Crippen LogP contribution in [0.5, 0.6) is 0 Å². The van der Waals surface area contributed by atoms with Gasteiger partial charge in [0.25, 0.3) is 0 Å². The molecule has 0 radical (unpaired) electrons. The Morgan fingerprint density at radius 1 is 1.13 bits per heavy atom. The van der Waals surface area contributed by atoms with Crippen LogP contribution in [0.15, 0.2) is 71.2 Å². The molecule has 0 fully saturated rings. The second-order valence-electron chi connectivity index (χ2n) is 7.87. The summed E-state index contributed by atoms with van der Waals surface area (Å²) in [5.41, 5.74) is 6.34. The number of halogens is 2. The Kier molecular flexibility index (Phi) is 5.24. The van der Waals surface area contributed by atoms with Crippen LogP contribution in [0.4, 0.5) is 10.5 Å². The van der Waals surface area contributed by atoms with Gasteiger partial charge in [-0.2, -0.15) is 0 Å². The summed E-state index contributed by atoms with van der Waals surface area (Å²) in [6.07, 6.45) is 0.765. The number of nitrogens with one attached hydrogen (secondary N) is 2. The Balaban J connectivity index is 1.60. The van der Waals surface area contributed by atoms with Gasteiger partial charge in [0, 0.05) is 32.6 Å². The lowest BCUT2D eigenvalue weighted by Gasteiger charge is -2.36. The highest BCUT2D eigenvalue weighted by Gasteiger charge is 2.34. The summed E-state index contributed by atoms with van der Waals surface area (Å²) in [6.45, 7) is 2.68. The third kappa shape index (κ3) is 3.73. The minimum atomic E-state index is -0.210. The molecule has 1 aliphatic rings. The third-order valence-electron chi connectivity index (χ3n) is 5.86. The van der Waals surface area contributed by atoms with Gasteiger partial charge >= 0.3 is 6.03 Å². The van der Waals surface area contributed by atoms with Crippen molar-refractivity contribution < 1.29 is 4.79 Å². The summed E-state index contributed by atoms with van der Waals surface area (Å²) in [6, 6.07) is 21.6. The standard InChI is InChI=1S/C25H21BrClN3O/c1-15-6-8-16(9-7-15)24-23-18(19-14-17(27)10-11-21(19)28-23)12-13-30(24)25(31)29-22-5-3-2-4-20(22)26/h2-11,14,24,28H,12-13H2,1H3,(H,29,31)/t24-/m1/s1. The van der Waals surface area contributed by atoms with Crippen LogP contribution in [-0.2, 0) is 6.42 Å². The lowest BCUT2D eigenvalue weighted by Crippen LogP contribution is -2.43. The van der Waals surface area contributed by atoms with Crippen molar-refractivity contribution in [3.8, 4) is 0 Å². The number of fused-ring (bicyclic) bond motifs is 3. The number of H-pyrrole nitrogens is 1. The summed E-state index contributed by atoms with van der Waals surface area (Å²) in [5, 5.41) is 4.92. The van der Waals surface area contributed by atoms with Crippen molar-refractivity contribution in [1.29, 1.82) is 0 Å². The molecule has 6 heteroatoms. The second-order valence-corrected chi connectivity index (χ2v) is 9.16. The number of anilines is 1. The van der Waals surface area contributed by atoms with Gasteiger partial charge in [0.15, 0.2) is 0 Å². The number of hydrogen-bond acceptors (Lipinski definition) is 1. The summed E-state index contributed by atoms with van der Waals surface area (Å²) in [5.74, 6) is 0. The molecule has 4 aromatic rings. The molecule has 0 aliphatic carbocycles. The molecular formula is C25H21BrClN3O. The number of amides is 2. The molecule has 2 N–H and O–H groups in total. The van der Waals surface area contributed by atoms with Crippen LogP contribution in [-0.4, -0.2) is 22.5 Å². The van der Waals surface area contributed by atoms with Gasteiger partial charge < -0.3 is 15.2 Å². The molecule has 0 saturated heterocycles. The second kappa shape index (κ2) is 8.06. The van der Waals surface area contributed by atoms with E-state index in [0.717, 1.165) is 43.8 Å². The van der Waals surface area contributed by atoms with Crippen molar-refractivity contribution in [1.82, 2.24) is 9.88 Å². The number of benzene rings is 3. The van der Waals surface area contributed by atoms with Gasteiger partial charge in [0.1, 0.15) is 0 Å².